The Labute approximate surface area is 108 Å². The number of hydrogen-bond donors (Lipinski definition) is 1. The third-order valence-corrected chi connectivity index (χ3v) is 2.55. The quantitative estimate of drug-likeness (QED) is 0.599. The zero-order chi connectivity index (χ0) is 13.2. The van der Waals surface area contributed by atoms with Gasteiger partial charge < -0.3 is 15.2 Å². The maximum Gasteiger partial charge on any atom is 0.0967 e. The number of hydrogen-bond acceptors (Lipinski definition) is 6. The first-order valence-electron chi connectivity index (χ1n) is 6.09. The van der Waals surface area contributed by atoms with E-state index in [-0.39, 0.29) is 0 Å². The molecule has 0 saturated carbocycles. The summed E-state index contributed by atoms with van der Waals surface area (Å²) in [5.41, 5.74) is 6.41. The maximum atomic E-state index is 5.47. The van der Waals surface area contributed by atoms with Crippen LogP contribution in [0.1, 0.15) is 5.69 Å². The van der Waals surface area contributed by atoms with E-state index < -0.39 is 0 Å². The van der Waals surface area contributed by atoms with E-state index in [4.69, 9.17) is 15.2 Å². The largest absolute Gasteiger partial charge is 0.383 e. The first-order valence-corrected chi connectivity index (χ1v) is 6.09. The van der Waals surface area contributed by atoms with Crippen molar-refractivity contribution in [2.75, 3.05) is 47.1 Å². The Bertz CT molecular complexity index is 310. The van der Waals surface area contributed by atoms with Crippen molar-refractivity contribution in [1.82, 2.24) is 19.9 Å². The lowest BCUT2D eigenvalue weighted by atomic mass is 10.4. The fourth-order valence-corrected chi connectivity index (χ4v) is 1.59. The van der Waals surface area contributed by atoms with E-state index in [9.17, 15) is 0 Å². The predicted octanol–water partition coefficient (Wildman–Crippen LogP) is -0.668. The van der Waals surface area contributed by atoms with Crippen molar-refractivity contribution in [3.63, 3.8) is 0 Å². The fourth-order valence-electron chi connectivity index (χ4n) is 1.59. The predicted molar refractivity (Wildman–Crippen MR) is 68.1 cm³/mol. The van der Waals surface area contributed by atoms with Crippen molar-refractivity contribution in [3.8, 4) is 0 Å². The van der Waals surface area contributed by atoms with Gasteiger partial charge >= 0.3 is 0 Å². The molecule has 0 spiro atoms. The number of methoxy groups -OCH3 is 2. The number of nitrogens with zero attached hydrogens (tertiary/aromatic N) is 4. The summed E-state index contributed by atoms with van der Waals surface area (Å²) in [6, 6.07) is 0. The van der Waals surface area contributed by atoms with Crippen LogP contribution in [-0.2, 0) is 22.6 Å². The molecule has 0 aliphatic carbocycles. The van der Waals surface area contributed by atoms with Crippen molar-refractivity contribution in [2.45, 2.75) is 13.1 Å². The van der Waals surface area contributed by atoms with E-state index in [1.54, 1.807) is 18.9 Å². The van der Waals surface area contributed by atoms with Gasteiger partial charge in [0.1, 0.15) is 0 Å². The minimum atomic E-state index is 0.569. The van der Waals surface area contributed by atoms with Gasteiger partial charge in [-0.15, -0.1) is 5.10 Å². The van der Waals surface area contributed by atoms with Gasteiger partial charge in [-0.2, -0.15) is 0 Å². The van der Waals surface area contributed by atoms with Crippen LogP contribution in [0.15, 0.2) is 6.20 Å². The van der Waals surface area contributed by atoms with E-state index in [0.29, 0.717) is 26.3 Å². The van der Waals surface area contributed by atoms with Gasteiger partial charge in [-0.25, -0.2) is 0 Å². The highest BCUT2D eigenvalue weighted by molar-refractivity contribution is 4.92. The molecular formula is C11H23N5O2. The van der Waals surface area contributed by atoms with Crippen LogP contribution in [0, 0.1) is 0 Å². The van der Waals surface area contributed by atoms with E-state index in [1.807, 2.05) is 6.20 Å². The summed E-state index contributed by atoms with van der Waals surface area (Å²) in [5.74, 6) is 0. The Balaban J connectivity index is 2.46. The standard InChI is InChI=1S/C11H23N5O2/c1-17-7-5-15(6-8-18-2)9-11-10-16(4-3-12)14-13-11/h10H,3-9,12H2,1-2H3. The van der Waals surface area contributed by atoms with Crippen LogP contribution < -0.4 is 5.73 Å². The summed E-state index contributed by atoms with van der Waals surface area (Å²) in [6.45, 7) is 5.11. The van der Waals surface area contributed by atoms with Crippen molar-refractivity contribution >= 4 is 0 Å². The molecule has 0 atom stereocenters. The molecule has 0 aromatic carbocycles. The van der Waals surface area contributed by atoms with Gasteiger partial charge in [0.15, 0.2) is 0 Å². The lowest BCUT2D eigenvalue weighted by Crippen LogP contribution is -2.30. The maximum absolute atomic E-state index is 5.47. The zero-order valence-electron chi connectivity index (χ0n) is 11.2. The smallest absolute Gasteiger partial charge is 0.0967 e. The molecule has 7 nitrogen and oxygen atoms in total. The molecule has 104 valence electrons. The van der Waals surface area contributed by atoms with E-state index >= 15 is 0 Å². The normalized spacial score (nSPS) is 11.3. The lowest BCUT2D eigenvalue weighted by Gasteiger charge is -2.19. The summed E-state index contributed by atoms with van der Waals surface area (Å²) < 4.78 is 12.0. The van der Waals surface area contributed by atoms with Crippen LogP contribution in [0.5, 0.6) is 0 Å². The minimum Gasteiger partial charge on any atom is -0.383 e. The van der Waals surface area contributed by atoms with Gasteiger partial charge in [-0.1, -0.05) is 5.21 Å². The van der Waals surface area contributed by atoms with Gasteiger partial charge in [0.2, 0.25) is 0 Å². The molecule has 2 N–H and O–H groups in total. The summed E-state index contributed by atoms with van der Waals surface area (Å²) in [4.78, 5) is 2.23. The van der Waals surface area contributed by atoms with E-state index in [0.717, 1.165) is 25.3 Å². The average molecular weight is 257 g/mol. The Kier molecular flexibility index (Phi) is 7.51. The number of rotatable bonds is 10. The fraction of sp³-hybridized carbons (Fsp3) is 0.818. The van der Waals surface area contributed by atoms with Gasteiger partial charge in [0.25, 0.3) is 0 Å². The Morgan fingerprint density at radius 3 is 2.50 bits per heavy atom. The topological polar surface area (TPSA) is 78.4 Å². The molecule has 0 amide bonds. The molecule has 1 heterocycles. The second-order valence-electron chi connectivity index (χ2n) is 4.02. The average Bonchev–Trinajstić information content (AvgIpc) is 2.80. The highest BCUT2D eigenvalue weighted by atomic mass is 16.5. The molecular weight excluding hydrogens is 234 g/mol. The zero-order valence-corrected chi connectivity index (χ0v) is 11.2. The monoisotopic (exact) mass is 257 g/mol. The van der Waals surface area contributed by atoms with Gasteiger partial charge in [0.05, 0.1) is 25.5 Å². The third-order valence-electron chi connectivity index (χ3n) is 2.55. The molecule has 0 bridgehead atoms. The van der Waals surface area contributed by atoms with E-state index in [1.165, 1.54) is 0 Å². The van der Waals surface area contributed by atoms with Crippen LogP contribution in [0.4, 0.5) is 0 Å². The molecule has 0 saturated heterocycles. The Morgan fingerprint density at radius 1 is 1.28 bits per heavy atom. The van der Waals surface area contributed by atoms with Crippen LogP contribution >= 0.6 is 0 Å². The molecule has 1 aromatic heterocycles. The van der Waals surface area contributed by atoms with Gasteiger partial charge in [0, 0.05) is 46.6 Å². The molecule has 18 heavy (non-hydrogen) atoms. The summed E-state index contributed by atoms with van der Waals surface area (Å²) >= 11 is 0. The highest BCUT2D eigenvalue weighted by Gasteiger charge is 2.08. The lowest BCUT2D eigenvalue weighted by molar-refractivity contribution is 0.109. The van der Waals surface area contributed by atoms with Crippen LogP contribution in [-0.4, -0.2) is 67.0 Å². The summed E-state index contributed by atoms with van der Waals surface area (Å²) in [7, 11) is 3.40. The molecule has 0 aliphatic heterocycles. The molecule has 7 heteroatoms. The molecule has 0 fully saturated rings. The molecule has 1 aromatic rings. The van der Waals surface area contributed by atoms with Crippen LogP contribution in [0.3, 0.4) is 0 Å². The Morgan fingerprint density at radius 2 is 1.94 bits per heavy atom. The minimum absolute atomic E-state index is 0.569. The van der Waals surface area contributed by atoms with Crippen LogP contribution in [0.25, 0.3) is 0 Å². The Hall–Kier alpha value is -1.02. The van der Waals surface area contributed by atoms with Crippen molar-refractivity contribution < 1.29 is 9.47 Å². The van der Waals surface area contributed by atoms with Crippen LogP contribution in [0.2, 0.25) is 0 Å². The van der Waals surface area contributed by atoms with Crippen molar-refractivity contribution in [3.05, 3.63) is 11.9 Å². The summed E-state index contributed by atoms with van der Waals surface area (Å²) in [6.07, 6.45) is 1.93. The molecule has 0 aliphatic rings. The van der Waals surface area contributed by atoms with Crippen molar-refractivity contribution in [2.24, 2.45) is 5.73 Å². The molecule has 0 unspecified atom stereocenters. The molecule has 0 radical (unpaired) electrons. The van der Waals surface area contributed by atoms with Gasteiger partial charge in [-0.3, -0.25) is 9.58 Å². The third kappa shape index (κ3) is 5.54. The van der Waals surface area contributed by atoms with Gasteiger partial charge in [-0.05, 0) is 0 Å². The molecule has 1 rings (SSSR count). The second-order valence-corrected chi connectivity index (χ2v) is 4.02. The second kappa shape index (κ2) is 8.98. The first kappa shape index (κ1) is 15.0. The SMILES string of the molecule is COCCN(CCOC)Cc1cn(CCN)nn1. The number of nitrogens with two attached hydrogens (primary N) is 1. The van der Waals surface area contributed by atoms with E-state index in [2.05, 4.69) is 15.2 Å². The highest BCUT2D eigenvalue weighted by Crippen LogP contribution is 2.00. The number of ether oxygens (including phenoxy) is 2. The number of aromatic nitrogens is 3. The first-order chi connectivity index (χ1) is 8.80. The van der Waals surface area contributed by atoms with Crippen molar-refractivity contribution in [1.29, 1.82) is 0 Å². The summed E-state index contributed by atoms with van der Waals surface area (Å²) in [5, 5.41) is 8.14.